The molecule has 1 aliphatic rings. The quantitative estimate of drug-likeness (QED) is 0.742. The van der Waals surface area contributed by atoms with E-state index in [0.29, 0.717) is 5.39 Å². The first-order valence-corrected chi connectivity index (χ1v) is 6.84. The summed E-state index contributed by atoms with van der Waals surface area (Å²) in [5.74, 6) is -0.221. The Hall–Kier alpha value is -1.39. The second kappa shape index (κ2) is 4.30. The lowest BCUT2D eigenvalue weighted by atomic mass is 9.78. The van der Waals surface area contributed by atoms with E-state index < -0.39 is 7.12 Å². The van der Waals surface area contributed by atoms with Crippen molar-refractivity contribution in [2.75, 3.05) is 0 Å². The molecule has 0 amide bonds. The van der Waals surface area contributed by atoms with E-state index in [1.54, 1.807) is 6.07 Å². The van der Waals surface area contributed by atoms with Crippen LogP contribution in [0.5, 0.6) is 0 Å². The minimum Gasteiger partial charge on any atom is -0.399 e. The van der Waals surface area contributed by atoms with Gasteiger partial charge in [-0.25, -0.2) is 4.39 Å². The summed E-state index contributed by atoms with van der Waals surface area (Å²) in [5.41, 5.74) is 0.0743. The molecule has 2 aromatic rings. The van der Waals surface area contributed by atoms with E-state index in [4.69, 9.17) is 9.31 Å². The van der Waals surface area contributed by atoms with Crippen molar-refractivity contribution in [1.29, 1.82) is 0 Å². The molecule has 1 heterocycles. The Balaban J connectivity index is 2.02. The monoisotopic (exact) mass is 272 g/mol. The van der Waals surface area contributed by atoms with Crippen molar-refractivity contribution in [1.82, 2.24) is 0 Å². The highest BCUT2D eigenvalue weighted by Gasteiger charge is 2.51. The van der Waals surface area contributed by atoms with Gasteiger partial charge in [-0.3, -0.25) is 0 Å². The van der Waals surface area contributed by atoms with Crippen molar-refractivity contribution in [3.63, 3.8) is 0 Å². The van der Waals surface area contributed by atoms with Crippen LogP contribution < -0.4 is 5.46 Å². The maximum absolute atomic E-state index is 13.9. The molecule has 0 atom stereocenters. The first kappa shape index (κ1) is 13.6. The Morgan fingerprint density at radius 3 is 2.25 bits per heavy atom. The van der Waals surface area contributed by atoms with Crippen molar-refractivity contribution < 1.29 is 13.7 Å². The van der Waals surface area contributed by atoms with Gasteiger partial charge in [0.15, 0.2) is 0 Å². The molecule has 20 heavy (non-hydrogen) atoms. The van der Waals surface area contributed by atoms with E-state index >= 15 is 0 Å². The molecule has 2 aromatic carbocycles. The number of halogens is 1. The van der Waals surface area contributed by atoms with Gasteiger partial charge in [0.1, 0.15) is 5.82 Å². The summed E-state index contributed by atoms with van der Waals surface area (Å²) in [6.07, 6.45) is 0. The summed E-state index contributed by atoms with van der Waals surface area (Å²) >= 11 is 0. The number of benzene rings is 2. The Morgan fingerprint density at radius 1 is 0.950 bits per heavy atom. The van der Waals surface area contributed by atoms with Gasteiger partial charge in [-0.2, -0.15) is 0 Å². The van der Waals surface area contributed by atoms with Gasteiger partial charge < -0.3 is 9.31 Å². The summed E-state index contributed by atoms with van der Waals surface area (Å²) in [5, 5.41) is 1.48. The smallest absolute Gasteiger partial charge is 0.399 e. The van der Waals surface area contributed by atoms with Crippen LogP contribution in [0.1, 0.15) is 27.7 Å². The predicted octanol–water partition coefficient (Wildman–Crippen LogP) is 3.28. The summed E-state index contributed by atoms with van der Waals surface area (Å²) in [6.45, 7) is 8.03. The Bertz CT molecular complexity index is 651. The van der Waals surface area contributed by atoms with E-state index in [1.807, 2.05) is 52.0 Å². The molecule has 3 rings (SSSR count). The zero-order chi connectivity index (χ0) is 14.5. The zero-order valence-corrected chi connectivity index (χ0v) is 12.2. The summed E-state index contributed by atoms with van der Waals surface area (Å²) < 4.78 is 25.9. The number of rotatable bonds is 1. The molecule has 0 aliphatic carbocycles. The van der Waals surface area contributed by atoms with Crippen LogP contribution in [-0.4, -0.2) is 18.3 Å². The molecule has 104 valence electrons. The van der Waals surface area contributed by atoms with Crippen LogP contribution in [0.3, 0.4) is 0 Å². The number of hydrogen-bond acceptors (Lipinski definition) is 2. The Kier molecular flexibility index (Phi) is 2.92. The van der Waals surface area contributed by atoms with E-state index in [1.165, 1.54) is 6.07 Å². The third-order valence-electron chi connectivity index (χ3n) is 4.38. The molecule has 1 saturated heterocycles. The van der Waals surface area contributed by atoms with Gasteiger partial charge in [0.2, 0.25) is 0 Å². The first-order chi connectivity index (χ1) is 9.30. The van der Waals surface area contributed by atoms with Gasteiger partial charge in [-0.05, 0) is 44.6 Å². The number of fused-ring (bicyclic) bond motifs is 1. The zero-order valence-electron chi connectivity index (χ0n) is 12.2. The van der Waals surface area contributed by atoms with Crippen molar-refractivity contribution in [3.05, 3.63) is 42.2 Å². The molecule has 4 heteroatoms. The second-order valence-corrected chi connectivity index (χ2v) is 6.31. The van der Waals surface area contributed by atoms with E-state index in [2.05, 4.69) is 0 Å². The number of hydrogen-bond donors (Lipinski definition) is 0. The summed E-state index contributed by atoms with van der Waals surface area (Å²) in [6, 6.07) is 10.7. The molecule has 1 aliphatic heterocycles. The molecule has 0 spiro atoms. The van der Waals surface area contributed by atoms with E-state index in [0.717, 1.165) is 10.8 Å². The second-order valence-electron chi connectivity index (χ2n) is 6.31. The van der Waals surface area contributed by atoms with Gasteiger partial charge in [-0.15, -0.1) is 0 Å². The highest BCUT2D eigenvalue weighted by molar-refractivity contribution is 6.62. The molecule has 1 fully saturated rings. The molecule has 0 N–H and O–H groups in total. The van der Waals surface area contributed by atoms with Gasteiger partial charge in [0.05, 0.1) is 11.2 Å². The predicted molar refractivity (Wildman–Crippen MR) is 79.6 cm³/mol. The van der Waals surface area contributed by atoms with Gasteiger partial charge >= 0.3 is 7.12 Å². The SMILES string of the molecule is CC1(C)OB(c2ccc3cccc(F)c3c2)OC1(C)C. The summed E-state index contributed by atoms with van der Waals surface area (Å²) in [7, 11) is -0.455. The molecule has 0 aromatic heterocycles. The van der Waals surface area contributed by atoms with Crippen LogP contribution >= 0.6 is 0 Å². The molecule has 0 radical (unpaired) electrons. The molecule has 0 bridgehead atoms. The van der Waals surface area contributed by atoms with Crippen molar-refractivity contribution in [2.24, 2.45) is 0 Å². The average molecular weight is 272 g/mol. The first-order valence-electron chi connectivity index (χ1n) is 6.84. The molecular weight excluding hydrogens is 254 g/mol. The lowest BCUT2D eigenvalue weighted by Crippen LogP contribution is -2.41. The fraction of sp³-hybridized carbons (Fsp3) is 0.375. The van der Waals surface area contributed by atoms with E-state index in [-0.39, 0.29) is 17.0 Å². The van der Waals surface area contributed by atoms with Gasteiger partial charge in [-0.1, -0.05) is 30.3 Å². The maximum Gasteiger partial charge on any atom is 0.494 e. The van der Waals surface area contributed by atoms with E-state index in [9.17, 15) is 4.39 Å². The van der Waals surface area contributed by atoms with Gasteiger partial charge in [0.25, 0.3) is 0 Å². The highest BCUT2D eigenvalue weighted by atomic mass is 19.1. The third-order valence-corrected chi connectivity index (χ3v) is 4.38. The fourth-order valence-electron chi connectivity index (χ4n) is 2.38. The normalized spacial score (nSPS) is 20.6. The third kappa shape index (κ3) is 2.04. The Labute approximate surface area is 119 Å². The van der Waals surface area contributed by atoms with Crippen LogP contribution in [0, 0.1) is 5.82 Å². The van der Waals surface area contributed by atoms with Crippen molar-refractivity contribution in [2.45, 2.75) is 38.9 Å². The molecule has 0 saturated carbocycles. The standard InChI is InChI=1S/C16H18BFO2/c1-15(2)16(3,4)20-17(19-15)12-9-8-11-6-5-7-14(18)13(11)10-12/h5-10H,1-4H3. The lowest BCUT2D eigenvalue weighted by Gasteiger charge is -2.32. The minimum absolute atomic E-state index is 0.221. The van der Waals surface area contributed by atoms with Crippen LogP contribution in [-0.2, 0) is 9.31 Å². The van der Waals surface area contributed by atoms with Crippen LogP contribution in [0.15, 0.2) is 36.4 Å². The highest BCUT2D eigenvalue weighted by Crippen LogP contribution is 2.36. The topological polar surface area (TPSA) is 18.5 Å². The van der Waals surface area contributed by atoms with Crippen LogP contribution in [0.2, 0.25) is 0 Å². The largest absolute Gasteiger partial charge is 0.494 e. The molecular formula is C16H18BFO2. The fourth-order valence-corrected chi connectivity index (χ4v) is 2.38. The maximum atomic E-state index is 13.9. The average Bonchev–Trinajstić information content (AvgIpc) is 2.59. The molecule has 2 nitrogen and oxygen atoms in total. The summed E-state index contributed by atoms with van der Waals surface area (Å²) in [4.78, 5) is 0. The Morgan fingerprint density at radius 2 is 1.60 bits per heavy atom. The van der Waals surface area contributed by atoms with Crippen LogP contribution in [0.4, 0.5) is 4.39 Å². The van der Waals surface area contributed by atoms with Gasteiger partial charge in [0, 0.05) is 5.39 Å². The van der Waals surface area contributed by atoms with Crippen LogP contribution in [0.25, 0.3) is 10.8 Å². The minimum atomic E-state index is -0.455. The van der Waals surface area contributed by atoms with Crippen molar-refractivity contribution >= 4 is 23.4 Å². The lowest BCUT2D eigenvalue weighted by molar-refractivity contribution is 0.00578. The molecule has 0 unspecified atom stereocenters. The van der Waals surface area contributed by atoms with Crippen molar-refractivity contribution in [3.8, 4) is 0 Å².